The molecule has 184 valence electrons. The van der Waals surface area contributed by atoms with Crippen molar-refractivity contribution in [3.05, 3.63) is 83.9 Å². The van der Waals surface area contributed by atoms with Gasteiger partial charge in [0, 0.05) is 11.9 Å². The molecule has 2 atom stereocenters. The number of carbonyl (C=O) groups is 2. The molecule has 0 fully saturated rings. The summed E-state index contributed by atoms with van der Waals surface area (Å²) in [5.74, 6) is -1.35. The Morgan fingerprint density at radius 3 is 1.43 bits per heavy atom. The standard InChI is InChI=1S/2C14H14O3.CH4/c2*1-9(14(15)16)10-3-4-12-8-13(17-2)6-5-11(12)7-10;/h2*3-9H,1-2H3,(H,15,16);1H4/p-1/t2*9-;/m00./s1. The van der Waals surface area contributed by atoms with E-state index in [0.717, 1.165) is 44.2 Å². The van der Waals surface area contributed by atoms with Gasteiger partial charge in [-0.15, -0.1) is 0 Å². The molecule has 0 aromatic heterocycles. The monoisotopic (exact) mass is 475 g/mol. The van der Waals surface area contributed by atoms with E-state index in [1.165, 1.54) is 0 Å². The maximum absolute atomic E-state index is 10.9. The highest BCUT2D eigenvalue weighted by Crippen LogP contribution is 2.26. The van der Waals surface area contributed by atoms with Gasteiger partial charge in [0.25, 0.3) is 0 Å². The van der Waals surface area contributed by atoms with E-state index in [9.17, 15) is 14.7 Å². The van der Waals surface area contributed by atoms with Crippen LogP contribution in [0.5, 0.6) is 11.5 Å². The zero-order chi connectivity index (χ0) is 24.8. The number of carboxylic acids is 2. The van der Waals surface area contributed by atoms with Crippen LogP contribution in [0.4, 0.5) is 0 Å². The van der Waals surface area contributed by atoms with Gasteiger partial charge in [-0.25, -0.2) is 0 Å². The molecule has 6 nitrogen and oxygen atoms in total. The van der Waals surface area contributed by atoms with Gasteiger partial charge >= 0.3 is 5.97 Å². The van der Waals surface area contributed by atoms with E-state index in [4.69, 9.17) is 14.6 Å². The van der Waals surface area contributed by atoms with Gasteiger partial charge < -0.3 is 24.5 Å². The van der Waals surface area contributed by atoms with E-state index >= 15 is 0 Å². The first kappa shape index (κ1) is 27.2. The first-order valence-corrected chi connectivity index (χ1v) is 10.8. The van der Waals surface area contributed by atoms with E-state index in [1.54, 1.807) is 28.1 Å². The van der Waals surface area contributed by atoms with Gasteiger partial charge in [0.2, 0.25) is 0 Å². The Morgan fingerprint density at radius 2 is 1.06 bits per heavy atom. The van der Waals surface area contributed by atoms with Crippen LogP contribution in [0.25, 0.3) is 21.5 Å². The second kappa shape index (κ2) is 11.9. The second-order valence-corrected chi connectivity index (χ2v) is 8.05. The molecule has 0 unspecified atom stereocenters. The van der Waals surface area contributed by atoms with Gasteiger partial charge in [0.1, 0.15) is 11.5 Å². The normalized spacial score (nSPS) is 12.0. The highest BCUT2D eigenvalue weighted by Gasteiger charge is 2.13. The lowest BCUT2D eigenvalue weighted by Crippen LogP contribution is -2.27. The van der Waals surface area contributed by atoms with Gasteiger partial charge in [-0.2, -0.15) is 0 Å². The van der Waals surface area contributed by atoms with Crippen molar-refractivity contribution in [2.45, 2.75) is 33.1 Å². The molecule has 0 spiro atoms. The van der Waals surface area contributed by atoms with Crippen molar-refractivity contribution in [2.75, 3.05) is 14.2 Å². The van der Waals surface area contributed by atoms with Gasteiger partial charge in [0.15, 0.2) is 0 Å². The Balaban J connectivity index is 0.000000240. The number of methoxy groups -OCH3 is 2. The minimum Gasteiger partial charge on any atom is -0.550 e. The molecule has 0 heterocycles. The zero-order valence-corrected chi connectivity index (χ0v) is 19.6. The Hall–Kier alpha value is -4.06. The molecule has 0 aliphatic carbocycles. The fourth-order valence-electron chi connectivity index (χ4n) is 3.56. The van der Waals surface area contributed by atoms with Crippen molar-refractivity contribution >= 4 is 33.5 Å². The zero-order valence-electron chi connectivity index (χ0n) is 19.6. The third-order valence-corrected chi connectivity index (χ3v) is 5.87. The number of fused-ring (bicyclic) bond motifs is 2. The van der Waals surface area contributed by atoms with Crippen LogP contribution in [0, 0.1) is 0 Å². The number of hydrogen-bond donors (Lipinski definition) is 1. The molecule has 4 rings (SSSR count). The fourth-order valence-corrected chi connectivity index (χ4v) is 3.56. The van der Waals surface area contributed by atoms with Crippen molar-refractivity contribution in [1.29, 1.82) is 0 Å². The van der Waals surface area contributed by atoms with Crippen LogP contribution in [0.2, 0.25) is 0 Å². The molecule has 0 saturated carbocycles. The molecule has 0 aliphatic heterocycles. The number of carbonyl (C=O) groups excluding carboxylic acids is 1. The van der Waals surface area contributed by atoms with Crippen molar-refractivity contribution in [2.24, 2.45) is 0 Å². The summed E-state index contributed by atoms with van der Waals surface area (Å²) in [4.78, 5) is 21.7. The summed E-state index contributed by atoms with van der Waals surface area (Å²) < 4.78 is 10.3. The summed E-state index contributed by atoms with van der Waals surface area (Å²) in [5, 5.41) is 23.9. The first-order valence-electron chi connectivity index (χ1n) is 10.8. The van der Waals surface area contributed by atoms with E-state index in [-0.39, 0.29) is 7.43 Å². The van der Waals surface area contributed by atoms with Gasteiger partial charge in [-0.3, -0.25) is 4.79 Å². The third kappa shape index (κ3) is 6.51. The smallest absolute Gasteiger partial charge is 0.310 e. The van der Waals surface area contributed by atoms with Gasteiger partial charge in [-0.1, -0.05) is 62.9 Å². The average Bonchev–Trinajstić information content (AvgIpc) is 2.86. The lowest BCUT2D eigenvalue weighted by atomic mass is 9.98. The van der Waals surface area contributed by atoms with E-state index in [2.05, 4.69) is 0 Å². The van der Waals surface area contributed by atoms with Crippen molar-refractivity contribution in [3.8, 4) is 11.5 Å². The van der Waals surface area contributed by atoms with Crippen LogP contribution in [0.3, 0.4) is 0 Å². The molecular weight excluding hydrogens is 444 g/mol. The largest absolute Gasteiger partial charge is 0.550 e. The van der Waals surface area contributed by atoms with E-state index < -0.39 is 23.8 Å². The van der Waals surface area contributed by atoms with Crippen LogP contribution in [-0.4, -0.2) is 31.3 Å². The fraction of sp³-hybridized carbons (Fsp3) is 0.241. The molecule has 0 radical (unpaired) electrons. The first-order chi connectivity index (χ1) is 16.2. The second-order valence-electron chi connectivity index (χ2n) is 8.05. The summed E-state index contributed by atoms with van der Waals surface area (Å²) >= 11 is 0. The average molecular weight is 476 g/mol. The molecule has 0 amide bonds. The van der Waals surface area contributed by atoms with Crippen LogP contribution in [-0.2, 0) is 9.59 Å². The summed E-state index contributed by atoms with van der Waals surface area (Å²) in [5.41, 5.74) is 1.57. The Bertz CT molecular complexity index is 1220. The van der Waals surface area contributed by atoms with Crippen molar-refractivity contribution in [1.82, 2.24) is 0 Å². The van der Waals surface area contributed by atoms with Crippen LogP contribution in [0.1, 0.15) is 44.2 Å². The summed E-state index contributed by atoms with van der Waals surface area (Å²) in [7, 11) is 3.25. The topological polar surface area (TPSA) is 95.9 Å². The van der Waals surface area contributed by atoms with Gasteiger partial charge in [-0.05, 0) is 63.9 Å². The maximum atomic E-state index is 10.9. The molecule has 0 bridgehead atoms. The third-order valence-electron chi connectivity index (χ3n) is 5.87. The molecule has 0 aliphatic rings. The quantitative estimate of drug-likeness (QED) is 0.403. The summed E-state index contributed by atoms with van der Waals surface area (Å²) in [6.07, 6.45) is 0. The van der Waals surface area contributed by atoms with Gasteiger partial charge in [0.05, 0.1) is 20.1 Å². The highest BCUT2D eigenvalue weighted by atomic mass is 16.5. The number of rotatable bonds is 6. The molecule has 6 heteroatoms. The minimum atomic E-state index is -1.06. The molecule has 0 saturated heterocycles. The number of benzene rings is 4. The number of carboxylic acid groups (broad SMARTS) is 2. The molecular formula is C29H31O6-. The molecule has 4 aromatic carbocycles. The summed E-state index contributed by atoms with van der Waals surface area (Å²) in [6, 6.07) is 22.7. The van der Waals surface area contributed by atoms with Crippen molar-refractivity contribution < 1.29 is 29.3 Å². The Labute approximate surface area is 205 Å². The predicted molar refractivity (Wildman–Crippen MR) is 137 cm³/mol. The van der Waals surface area contributed by atoms with Crippen molar-refractivity contribution in [3.63, 3.8) is 0 Å². The van der Waals surface area contributed by atoms with Crippen LogP contribution in [0.15, 0.2) is 72.8 Å². The number of hydrogen-bond acceptors (Lipinski definition) is 5. The Morgan fingerprint density at radius 1 is 0.686 bits per heavy atom. The molecule has 4 aromatic rings. The maximum Gasteiger partial charge on any atom is 0.310 e. The minimum absolute atomic E-state index is 0. The highest BCUT2D eigenvalue weighted by molar-refractivity contribution is 5.87. The predicted octanol–water partition coefficient (Wildman–Crippen LogP) is 5.37. The Kier molecular flexibility index (Phi) is 9.23. The van der Waals surface area contributed by atoms with E-state index in [0.29, 0.717) is 0 Å². The molecule has 35 heavy (non-hydrogen) atoms. The van der Waals surface area contributed by atoms with Crippen LogP contribution < -0.4 is 14.6 Å². The lowest BCUT2D eigenvalue weighted by molar-refractivity contribution is -0.307. The van der Waals surface area contributed by atoms with E-state index in [1.807, 2.05) is 72.8 Å². The molecule has 1 N–H and O–H groups in total. The SMILES string of the molecule is C.COc1ccc2cc([C@H](C)C(=O)O)ccc2c1.COc1ccc2cc([C@H](C)C(=O)[O-])ccc2c1. The lowest BCUT2D eigenvalue weighted by Gasteiger charge is -2.13. The van der Waals surface area contributed by atoms with Crippen LogP contribution >= 0.6 is 0 Å². The number of aliphatic carboxylic acids is 2. The summed E-state index contributed by atoms with van der Waals surface area (Å²) in [6.45, 7) is 3.31. The number of ether oxygens (including phenoxy) is 2.